The van der Waals surface area contributed by atoms with Gasteiger partial charge in [-0.3, -0.25) is 0 Å². The molecule has 0 amide bonds. The van der Waals surface area contributed by atoms with Crippen molar-refractivity contribution >= 4 is 10.0 Å². The molecule has 124 valence electrons. The van der Waals surface area contributed by atoms with Crippen molar-refractivity contribution < 1.29 is 13.2 Å². The standard InChI is InChI=1S/C16H26N2O3S/c1-12-9-13(2)15(14(10-12)21-4)22(19,20)18-11-16(3)5-7-17-8-6-16/h9-10,17-18H,5-8,11H2,1-4H3. The second kappa shape index (κ2) is 6.56. The zero-order valence-electron chi connectivity index (χ0n) is 13.8. The molecule has 1 aromatic carbocycles. The first kappa shape index (κ1) is 17.2. The zero-order valence-corrected chi connectivity index (χ0v) is 14.6. The van der Waals surface area contributed by atoms with Gasteiger partial charge in [0.1, 0.15) is 10.6 Å². The van der Waals surface area contributed by atoms with Crippen molar-refractivity contribution in [3.05, 3.63) is 23.3 Å². The molecule has 1 aliphatic heterocycles. The Bertz CT molecular complexity index is 635. The van der Waals surface area contributed by atoms with Gasteiger partial charge in [0.25, 0.3) is 0 Å². The normalized spacial score (nSPS) is 18.2. The van der Waals surface area contributed by atoms with Gasteiger partial charge in [-0.2, -0.15) is 0 Å². The molecule has 1 aromatic rings. The molecule has 0 unspecified atom stereocenters. The number of sulfonamides is 1. The molecule has 2 N–H and O–H groups in total. The van der Waals surface area contributed by atoms with Crippen molar-refractivity contribution in [1.29, 1.82) is 0 Å². The lowest BCUT2D eigenvalue weighted by atomic mass is 9.81. The van der Waals surface area contributed by atoms with Crippen LogP contribution >= 0.6 is 0 Å². The molecule has 6 heteroatoms. The molecule has 0 spiro atoms. The third-order valence-electron chi connectivity index (χ3n) is 4.37. The lowest BCUT2D eigenvalue weighted by Crippen LogP contribution is -2.43. The van der Waals surface area contributed by atoms with Crippen LogP contribution in [0, 0.1) is 19.3 Å². The highest BCUT2D eigenvalue weighted by Gasteiger charge is 2.30. The Morgan fingerprint density at radius 2 is 1.91 bits per heavy atom. The van der Waals surface area contributed by atoms with Gasteiger partial charge >= 0.3 is 0 Å². The summed E-state index contributed by atoms with van der Waals surface area (Å²) in [6.45, 7) is 8.19. The second-order valence-corrected chi connectivity index (χ2v) is 8.20. The highest BCUT2D eigenvalue weighted by Crippen LogP contribution is 2.31. The highest BCUT2D eigenvalue weighted by molar-refractivity contribution is 7.89. The topological polar surface area (TPSA) is 67.4 Å². The van der Waals surface area contributed by atoms with Crippen molar-refractivity contribution in [3.63, 3.8) is 0 Å². The van der Waals surface area contributed by atoms with E-state index in [4.69, 9.17) is 4.74 Å². The summed E-state index contributed by atoms with van der Waals surface area (Å²) in [5, 5.41) is 3.31. The molecule has 0 radical (unpaired) electrons. The number of nitrogens with one attached hydrogen (secondary N) is 2. The molecule has 0 bridgehead atoms. The number of hydrogen-bond acceptors (Lipinski definition) is 4. The van der Waals surface area contributed by atoms with Crippen LogP contribution in [-0.4, -0.2) is 35.2 Å². The van der Waals surface area contributed by atoms with E-state index in [0.29, 0.717) is 17.9 Å². The Kier molecular flexibility index (Phi) is 5.14. The van der Waals surface area contributed by atoms with Crippen molar-refractivity contribution in [1.82, 2.24) is 10.0 Å². The molecule has 1 fully saturated rings. The Morgan fingerprint density at radius 1 is 1.27 bits per heavy atom. The van der Waals surface area contributed by atoms with Crippen molar-refractivity contribution in [3.8, 4) is 5.75 Å². The molecule has 22 heavy (non-hydrogen) atoms. The number of hydrogen-bond donors (Lipinski definition) is 2. The van der Waals surface area contributed by atoms with Gasteiger partial charge in [0.05, 0.1) is 7.11 Å². The summed E-state index contributed by atoms with van der Waals surface area (Å²) < 4.78 is 33.5. The summed E-state index contributed by atoms with van der Waals surface area (Å²) in [5.41, 5.74) is 1.70. The molecule has 0 saturated carbocycles. The van der Waals surface area contributed by atoms with Crippen LogP contribution < -0.4 is 14.8 Å². The van der Waals surface area contributed by atoms with E-state index in [1.165, 1.54) is 7.11 Å². The molecule has 1 saturated heterocycles. The zero-order chi connectivity index (χ0) is 16.4. The van der Waals surface area contributed by atoms with E-state index in [2.05, 4.69) is 17.0 Å². The lowest BCUT2D eigenvalue weighted by molar-refractivity contribution is 0.232. The van der Waals surface area contributed by atoms with Gasteiger partial charge < -0.3 is 10.1 Å². The number of ether oxygens (including phenoxy) is 1. The number of piperidine rings is 1. The number of rotatable bonds is 5. The summed E-state index contributed by atoms with van der Waals surface area (Å²) in [5.74, 6) is 0.403. The minimum Gasteiger partial charge on any atom is -0.495 e. The lowest BCUT2D eigenvalue weighted by Gasteiger charge is -2.34. The predicted molar refractivity (Wildman–Crippen MR) is 87.9 cm³/mol. The van der Waals surface area contributed by atoms with E-state index >= 15 is 0 Å². The fraction of sp³-hybridized carbons (Fsp3) is 0.625. The van der Waals surface area contributed by atoms with Crippen LogP contribution in [0.5, 0.6) is 5.75 Å². The maximum atomic E-state index is 12.7. The Balaban J connectivity index is 2.24. The van der Waals surface area contributed by atoms with Gasteiger partial charge in [0.15, 0.2) is 0 Å². The SMILES string of the molecule is COc1cc(C)cc(C)c1S(=O)(=O)NCC1(C)CCNCC1. The second-order valence-electron chi connectivity index (χ2n) is 6.50. The van der Waals surface area contributed by atoms with E-state index in [9.17, 15) is 8.42 Å². The quantitative estimate of drug-likeness (QED) is 0.868. The molecule has 1 aliphatic rings. The summed E-state index contributed by atoms with van der Waals surface area (Å²) in [7, 11) is -2.08. The average molecular weight is 326 g/mol. The van der Waals surface area contributed by atoms with E-state index in [0.717, 1.165) is 31.5 Å². The monoisotopic (exact) mass is 326 g/mol. The summed E-state index contributed by atoms with van der Waals surface area (Å²) >= 11 is 0. The first-order valence-corrected chi connectivity index (χ1v) is 9.11. The fourth-order valence-corrected chi connectivity index (χ4v) is 4.53. The van der Waals surface area contributed by atoms with Gasteiger partial charge in [-0.25, -0.2) is 13.1 Å². The molecule has 0 aromatic heterocycles. The van der Waals surface area contributed by atoms with Gasteiger partial charge in [0, 0.05) is 6.54 Å². The van der Waals surface area contributed by atoms with E-state index in [-0.39, 0.29) is 10.3 Å². The van der Waals surface area contributed by atoms with Gasteiger partial charge in [0.2, 0.25) is 10.0 Å². The largest absolute Gasteiger partial charge is 0.495 e. The third kappa shape index (κ3) is 3.80. The summed E-state index contributed by atoms with van der Waals surface area (Å²) in [4.78, 5) is 0.248. The van der Waals surface area contributed by atoms with Crippen molar-refractivity contribution in [2.75, 3.05) is 26.7 Å². The van der Waals surface area contributed by atoms with Crippen LogP contribution in [0.1, 0.15) is 30.9 Å². The minimum atomic E-state index is -3.58. The van der Waals surface area contributed by atoms with Crippen molar-refractivity contribution in [2.24, 2.45) is 5.41 Å². The summed E-state index contributed by atoms with van der Waals surface area (Å²) in [6, 6.07) is 3.62. The van der Waals surface area contributed by atoms with Crippen molar-refractivity contribution in [2.45, 2.75) is 38.5 Å². The number of benzene rings is 1. The summed E-state index contributed by atoms with van der Waals surface area (Å²) in [6.07, 6.45) is 1.94. The predicted octanol–water partition coefficient (Wildman–Crippen LogP) is 1.98. The van der Waals surface area contributed by atoms with Crippen LogP contribution in [0.15, 0.2) is 17.0 Å². The molecule has 5 nitrogen and oxygen atoms in total. The highest BCUT2D eigenvalue weighted by atomic mass is 32.2. The van der Waals surface area contributed by atoms with E-state index in [1.54, 1.807) is 13.0 Å². The van der Waals surface area contributed by atoms with Crippen LogP contribution in [0.25, 0.3) is 0 Å². The minimum absolute atomic E-state index is 0.00412. The first-order chi connectivity index (χ1) is 10.3. The van der Waals surface area contributed by atoms with Crippen LogP contribution in [0.2, 0.25) is 0 Å². The van der Waals surface area contributed by atoms with Crippen LogP contribution in [0.3, 0.4) is 0 Å². The maximum Gasteiger partial charge on any atom is 0.244 e. The van der Waals surface area contributed by atoms with Gasteiger partial charge in [-0.05, 0) is 62.4 Å². The Morgan fingerprint density at radius 3 is 2.50 bits per heavy atom. The molecule has 1 heterocycles. The Hall–Kier alpha value is -1.11. The fourth-order valence-electron chi connectivity index (χ4n) is 2.96. The molecular formula is C16H26N2O3S. The number of aryl methyl sites for hydroxylation is 2. The van der Waals surface area contributed by atoms with Crippen LogP contribution in [-0.2, 0) is 10.0 Å². The average Bonchev–Trinajstić information content (AvgIpc) is 2.45. The first-order valence-electron chi connectivity index (χ1n) is 7.63. The smallest absolute Gasteiger partial charge is 0.244 e. The Labute approximate surface area is 133 Å². The van der Waals surface area contributed by atoms with E-state index < -0.39 is 10.0 Å². The molecule has 0 atom stereocenters. The number of methoxy groups -OCH3 is 1. The molecule has 0 aliphatic carbocycles. The molecular weight excluding hydrogens is 300 g/mol. The molecule has 2 rings (SSSR count). The van der Waals surface area contributed by atoms with E-state index in [1.807, 2.05) is 13.0 Å². The van der Waals surface area contributed by atoms with Gasteiger partial charge in [-0.15, -0.1) is 0 Å². The maximum absolute atomic E-state index is 12.7. The van der Waals surface area contributed by atoms with Crippen LogP contribution in [0.4, 0.5) is 0 Å². The third-order valence-corrected chi connectivity index (χ3v) is 5.96. The van der Waals surface area contributed by atoms with Gasteiger partial charge in [-0.1, -0.05) is 13.0 Å².